The number of amides is 1. The Hall–Kier alpha value is -0.610. The number of carbonyl (C=O) groups excluding carboxylic acids is 1. The number of aliphatic hydroxyl groups excluding tert-OH is 1. The molecule has 4 nitrogen and oxygen atoms in total. The summed E-state index contributed by atoms with van der Waals surface area (Å²) in [6.45, 7) is 1.72. The maximum absolute atomic E-state index is 11.4. The first kappa shape index (κ1) is 11.5. The van der Waals surface area contributed by atoms with E-state index in [1.807, 2.05) is 0 Å². The van der Waals surface area contributed by atoms with Gasteiger partial charge in [0.25, 0.3) is 0 Å². The Morgan fingerprint density at radius 3 is 2.86 bits per heavy atom. The van der Waals surface area contributed by atoms with Crippen LogP contribution < -0.4 is 5.32 Å². The van der Waals surface area contributed by atoms with Crippen LogP contribution in [0, 0.1) is 0 Å². The highest BCUT2D eigenvalue weighted by Crippen LogP contribution is 2.18. The average Bonchev–Trinajstić information content (AvgIpc) is 2.16. The highest BCUT2D eigenvalue weighted by Gasteiger charge is 2.23. The molecule has 0 spiro atoms. The summed E-state index contributed by atoms with van der Waals surface area (Å²) in [6, 6.07) is 0.115. The van der Waals surface area contributed by atoms with Gasteiger partial charge in [-0.05, 0) is 32.6 Å². The second-order valence-electron chi connectivity index (χ2n) is 3.90. The van der Waals surface area contributed by atoms with Crippen molar-refractivity contribution in [1.29, 1.82) is 0 Å². The second-order valence-corrected chi connectivity index (χ2v) is 3.90. The number of ether oxygens (including phenoxy) is 1. The quantitative estimate of drug-likeness (QED) is 0.696. The van der Waals surface area contributed by atoms with E-state index in [1.165, 1.54) is 7.11 Å². The molecule has 0 aliphatic heterocycles. The Morgan fingerprint density at radius 1 is 1.57 bits per heavy atom. The summed E-state index contributed by atoms with van der Waals surface area (Å²) in [5.74, 6) is -0.0911. The van der Waals surface area contributed by atoms with Crippen LogP contribution in [0.3, 0.4) is 0 Å². The van der Waals surface area contributed by atoms with Gasteiger partial charge in [0.05, 0.1) is 6.10 Å². The SMILES string of the molecule is COC(C)C(=O)NC1CCCC(O)C1. The van der Waals surface area contributed by atoms with Crippen molar-refractivity contribution in [1.82, 2.24) is 5.32 Å². The fourth-order valence-electron chi connectivity index (χ4n) is 1.72. The maximum atomic E-state index is 11.4. The summed E-state index contributed by atoms with van der Waals surface area (Å²) in [5.41, 5.74) is 0. The van der Waals surface area contributed by atoms with Gasteiger partial charge >= 0.3 is 0 Å². The highest BCUT2D eigenvalue weighted by atomic mass is 16.5. The third kappa shape index (κ3) is 3.27. The molecule has 0 heterocycles. The molecule has 2 N–H and O–H groups in total. The van der Waals surface area contributed by atoms with E-state index >= 15 is 0 Å². The van der Waals surface area contributed by atoms with Gasteiger partial charge < -0.3 is 15.2 Å². The zero-order chi connectivity index (χ0) is 10.6. The Kier molecular flexibility index (Phi) is 4.35. The van der Waals surface area contributed by atoms with Crippen molar-refractivity contribution < 1.29 is 14.6 Å². The standard InChI is InChI=1S/C10H19NO3/c1-7(14-2)10(13)11-8-4-3-5-9(12)6-8/h7-9,12H,3-6H2,1-2H3,(H,11,13). The van der Waals surface area contributed by atoms with Crippen molar-refractivity contribution in [3.05, 3.63) is 0 Å². The number of nitrogens with one attached hydrogen (secondary N) is 1. The van der Waals surface area contributed by atoms with E-state index in [2.05, 4.69) is 5.32 Å². The third-order valence-corrected chi connectivity index (χ3v) is 2.72. The number of carbonyl (C=O) groups is 1. The summed E-state index contributed by atoms with van der Waals surface area (Å²) in [4.78, 5) is 11.4. The minimum Gasteiger partial charge on any atom is -0.393 e. The van der Waals surface area contributed by atoms with Crippen LogP contribution in [0.2, 0.25) is 0 Å². The van der Waals surface area contributed by atoms with Gasteiger partial charge in [-0.25, -0.2) is 0 Å². The van der Waals surface area contributed by atoms with Gasteiger partial charge in [0.1, 0.15) is 6.10 Å². The van der Waals surface area contributed by atoms with Gasteiger partial charge in [0.2, 0.25) is 5.91 Å². The van der Waals surface area contributed by atoms with Gasteiger partial charge in [-0.1, -0.05) is 0 Å². The minimum absolute atomic E-state index is 0.0911. The first-order chi connectivity index (χ1) is 6.63. The van der Waals surface area contributed by atoms with E-state index in [0.29, 0.717) is 6.42 Å². The Labute approximate surface area is 84.6 Å². The molecule has 1 saturated carbocycles. The predicted molar refractivity (Wildman–Crippen MR) is 52.9 cm³/mol. The molecule has 0 aromatic heterocycles. The van der Waals surface area contributed by atoms with Crippen LogP contribution in [0.4, 0.5) is 0 Å². The Morgan fingerprint density at radius 2 is 2.29 bits per heavy atom. The molecule has 0 radical (unpaired) electrons. The van der Waals surface area contributed by atoms with E-state index in [4.69, 9.17) is 4.74 Å². The Balaban J connectivity index is 2.32. The van der Waals surface area contributed by atoms with Crippen molar-refractivity contribution in [2.45, 2.75) is 50.9 Å². The molecule has 4 heteroatoms. The number of aliphatic hydroxyl groups is 1. The molecule has 0 aromatic carbocycles. The largest absolute Gasteiger partial charge is 0.393 e. The molecule has 1 amide bonds. The minimum atomic E-state index is -0.408. The van der Waals surface area contributed by atoms with Crippen LogP contribution >= 0.6 is 0 Å². The van der Waals surface area contributed by atoms with E-state index in [1.54, 1.807) is 6.92 Å². The van der Waals surface area contributed by atoms with E-state index in [-0.39, 0.29) is 18.1 Å². The van der Waals surface area contributed by atoms with Crippen LogP contribution in [0.5, 0.6) is 0 Å². The fraction of sp³-hybridized carbons (Fsp3) is 0.900. The molecule has 82 valence electrons. The lowest BCUT2D eigenvalue weighted by molar-refractivity contribution is -0.131. The van der Waals surface area contributed by atoms with Crippen LogP contribution in [0.1, 0.15) is 32.6 Å². The highest BCUT2D eigenvalue weighted by molar-refractivity contribution is 5.80. The first-order valence-electron chi connectivity index (χ1n) is 5.14. The number of hydrogen-bond acceptors (Lipinski definition) is 3. The zero-order valence-corrected chi connectivity index (χ0v) is 8.82. The van der Waals surface area contributed by atoms with Crippen molar-refractivity contribution in [2.75, 3.05) is 7.11 Å². The van der Waals surface area contributed by atoms with E-state index in [0.717, 1.165) is 19.3 Å². The van der Waals surface area contributed by atoms with Gasteiger partial charge in [-0.3, -0.25) is 4.79 Å². The molecule has 3 atom stereocenters. The van der Waals surface area contributed by atoms with Crippen LogP contribution in [0.25, 0.3) is 0 Å². The predicted octanol–water partition coefficient (Wildman–Crippen LogP) is 0.441. The van der Waals surface area contributed by atoms with Crippen molar-refractivity contribution >= 4 is 5.91 Å². The molecule has 1 aliphatic carbocycles. The Bertz CT molecular complexity index is 196. The van der Waals surface area contributed by atoms with Gasteiger partial charge in [-0.15, -0.1) is 0 Å². The molecular weight excluding hydrogens is 182 g/mol. The van der Waals surface area contributed by atoms with E-state index in [9.17, 15) is 9.90 Å². The number of methoxy groups -OCH3 is 1. The summed E-state index contributed by atoms with van der Waals surface area (Å²) in [5, 5.41) is 12.3. The molecule has 0 aromatic rings. The fourth-order valence-corrected chi connectivity index (χ4v) is 1.72. The van der Waals surface area contributed by atoms with Gasteiger partial charge in [-0.2, -0.15) is 0 Å². The first-order valence-corrected chi connectivity index (χ1v) is 5.14. The zero-order valence-electron chi connectivity index (χ0n) is 8.82. The summed E-state index contributed by atoms with van der Waals surface area (Å²) < 4.78 is 4.91. The smallest absolute Gasteiger partial charge is 0.249 e. The average molecular weight is 201 g/mol. The monoisotopic (exact) mass is 201 g/mol. The van der Waals surface area contributed by atoms with Crippen LogP contribution in [-0.4, -0.2) is 36.4 Å². The topological polar surface area (TPSA) is 58.6 Å². The van der Waals surface area contributed by atoms with Crippen molar-refractivity contribution in [2.24, 2.45) is 0 Å². The lowest BCUT2D eigenvalue weighted by atomic mass is 9.93. The second kappa shape index (κ2) is 5.32. The van der Waals surface area contributed by atoms with Gasteiger partial charge in [0.15, 0.2) is 0 Å². The summed E-state index contributed by atoms with van der Waals surface area (Å²) in [7, 11) is 1.51. The van der Waals surface area contributed by atoms with Crippen LogP contribution in [-0.2, 0) is 9.53 Å². The lowest BCUT2D eigenvalue weighted by Crippen LogP contribution is -2.44. The normalized spacial score (nSPS) is 29.6. The molecule has 0 bridgehead atoms. The number of rotatable bonds is 3. The van der Waals surface area contributed by atoms with Gasteiger partial charge in [0, 0.05) is 13.2 Å². The summed E-state index contributed by atoms with van der Waals surface area (Å²) in [6.07, 6.45) is 2.79. The number of hydrogen-bond donors (Lipinski definition) is 2. The molecule has 3 unspecified atom stereocenters. The third-order valence-electron chi connectivity index (χ3n) is 2.72. The van der Waals surface area contributed by atoms with Crippen molar-refractivity contribution in [3.8, 4) is 0 Å². The molecule has 0 saturated heterocycles. The lowest BCUT2D eigenvalue weighted by Gasteiger charge is -2.27. The van der Waals surface area contributed by atoms with E-state index < -0.39 is 6.10 Å². The maximum Gasteiger partial charge on any atom is 0.249 e. The molecule has 1 aliphatic rings. The molecule has 1 fully saturated rings. The molecule has 14 heavy (non-hydrogen) atoms. The van der Waals surface area contributed by atoms with Crippen LogP contribution in [0.15, 0.2) is 0 Å². The molecular formula is C10H19NO3. The van der Waals surface area contributed by atoms with Crippen molar-refractivity contribution in [3.63, 3.8) is 0 Å². The molecule has 1 rings (SSSR count). The summed E-state index contributed by atoms with van der Waals surface area (Å²) >= 11 is 0.